The van der Waals surface area contributed by atoms with Gasteiger partial charge in [0.05, 0.1) is 17.1 Å². The summed E-state index contributed by atoms with van der Waals surface area (Å²) in [7, 11) is 3.29. The molecule has 1 aliphatic heterocycles. The van der Waals surface area contributed by atoms with E-state index in [-0.39, 0.29) is 11.7 Å². The number of likely N-dealkylation sites (tertiary alicyclic amines) is 1. The fourth-order valence-corrected chi connectivity index (χ4v) is 4.70. The maximum absolute atomic E-state index is 13.5. The molecule has 0 bridgehead atoms. The minimum absolute atomic E-state index is 0.0155. The van der Waals surface area contributed by atoms with Crippen LogP contribution in [0, 0.1) is 5.41 Å². The summed E-state index contributed by atoms with van der Waals surface area (Å²) in [5.41, 5.74) is 14.1. The van der Waals surface area contributed by atoms with Crippen LogP contribution in [-0.4, -0.2) is 62.4 Å². The number of nitrogens with one attached hydrogen (secondary N) is 1. The monoisotopic (exact) mass is 477 g/mol. The summed E-state index contributed by atoms with van der Waals surface area (Å²) in [6.45, 7) is 2.89. The van der Waals surface area contributed by atoms with Gasteiger partial charge in [0.25, 0.3) is 5.91 Å². The van der Waals surface area contributed by atoms with Crippen molar-refractivity contribution >= 4 is 28.9 Å². The maximum atomic E-state index is 13.5. The Kier molecular flexibility index (Phi) is 6.25. The quantitative estimate of drug-likeness (QED) is 0.316. The van der Waals surface area contributed by atoms with Gasteiger partial charge in [-0.3, -0.25) is 15.1 Å². The number of carboxylic acid groups (broad SMARTS) is 1. The molecular formula is C25H31N7O3. The molecule has 2 atom stereocenters. The second kappa shape index (κ2) is 9.03. The molecule has 1 aliphatic rings. The average molecular weight is 478 g/mol. The van der Waals surface area contributed by atoms with Crippen molar-refractivity contribution in [1.29, 1.82) is 5.41 Å². The third-order valence-electron chi connectivity index (χ3n) is 7.10. The highest BCUT2D eigenvalue weighted by atomic mass is 16.4. The molecule has 0 spiro atoms. The van der Waals surface area contributed by atoms with Crippen molar-refractivity contribution in [3.63, 3.8) is 0 Å². The second-order valence-corrected chi connectivity index (χ2v) is 9.16. The topological polar surface area (TPSA) is 155 Å². The third-order valence-corrected chi connectivity index (χ3v) is 7.10. The standard InChI is InChI=1S/C25H31N7O3/c1-25(31(3)24(34)35,23(33)32-12-4-5-13-32)17-10-11-19-18(14-17)29-22(30(19)2)20(26)15-6-8-16(9-7-15)21(27)28/h6-11,14,20H,4-5,12-13,26H2,1-3H3,(H3,27,28)(H,34,35). The van der Waals surface area contributed by atoms with Crippen LogP contribution in [0.2, 0.25) is 0 Å². The molecule has 184 valence electrons. The predicted octanol–water partition coefficient (Wildman–Crippen LogP) is 2.35. The Hall–Kier alpha value is -3.92. The lowest BCUT2D eigenvalue weighted by atomic mass is 9.88. The Balaban J connectivity index is 1.76. The van der Waals surface area contributed by atoms with E-state index in [0.717, 1.165) is 28.8 Å². The molecule has 3 aromatic rings. The summed E-state index contributed by atoms with van der Waals surface area (Å²) in [5, 5.41) is 17.3. The maximum Gasteiger partial charge on any atom is 0.408 e. The van der Waals surface area contributed by atoms with Crippen LogP contribution in [0.3, 0.4) is 0 Å². The number of aromatic nitrogens is 2. The van der Waals surface area contributed by atoms with Crippen LogP contribution in [-0.2, 0) is 17.4 Å². The number of likely N-dealkylation sites (N-methyl/N-ethyl adjacent to an activating group) is 1. The van der Waals surface area contributed by atoms with Crippen LogP contribution in [0.5, 0.6) is 0 Å². The largest absolute Gasteiger partial charge is 0.465 e. The fourth-order valence-electron chi connectivity index (χ4n) is 4.70. The van der Waals surface area contributed by atoms with E-state index in [0.29, 0.717) is 35.6 Å². The molecule has 2 aromatic carbocycles. The smallest absolute Gasteiger partial charge is 0.408 e. The summed E-state index contributed by atoms with van der Waals surface area (Å²) in [4.78, 5) is 33.1. The first kappa shape index (κ1) is 24.2. The number of imidazole rings is 1. The van der Waals surface area contributed by atoms with Crippen molar-refractivity contribution in [2.45, 2.75) is 31.3 Å². The van der Waals surface area contributed by atoms with Crippen molar-refractivity contribution < 1.29 is 14.7 Å². The second-order valence-electron chi connectivity index (χ2n) is 9.16. The van der Waals surface area contributed by atoms with Gasteiger partial charge in [-0.25, -0.2) is 9.78 Å². The van der Waals surface area contributed by atoms with Crippen LogP contribution in [0.1, 0.15) is 48.3 Å². The van der Waals surface area contributed by atoms with E-state index < -0.39 is 17.7 Å². The summed E-state index contributed by atoms with van der Waals surface area (Å²) in [6, 6.07) is 12.0. The van der Waals surface area contributed by atoms with Gasteiger partial charge in [-0.2, -0.15) is 0 Å². The Morgan fingerprint density at radius 1 is 1.17 bits per heavy atom. The summed E-state index contributed by atoms with van der Waals surface area (Å²) >= 11 is 0. The normalized spacial score (nSPS) is 16.2. The van der Waals surface area contributed by atoms with Crippen molar-refractivity contribution in [3.05, 3.63) is 65.0 Å². The lowest BCUT2D eigenvalue weighted by molar-refractivity contribution is -0.141. The molecule has 2 amide bonds. The summed E-state index contributed by atoms with van der Waals surface area (Å²) < 4.78 is 1.89. The zero-order chi connectivity index (χ0) is 25.5. The first-order chi connectivity index (χ1) is 16.6. The number of benzene rings is 2. The number of carbonyl (C=O) groups excluding carboxylic acids is 1. The molecule has 2 heterocycles. The van der Waals surface area contributed by atoms with Crippen molar-refractivity contribution in [2.75, 3.05) is 20.1 Å². The van der Waals surface area contributed by atoms with Gasteiger partial charge in [0.15, 0.2) is 0 Å². The van der Waals surface area contributed by atoms with Gasteiger partial charge >= 0.3 is 6.09 Å². The molecule has 0 radical (unpaired) electrons. The molecule has 35 heavy (non-hydrogen) atoms. The number of carbonyl (C=O) groups is 2. The Bertz CT molecular complexity index is 1290. The predicted molar refractivity (Wildman–Crippen MR) is 133 cm³/mol. The van der Waals surface area contributed by atoms with E-state index in [4.69, 9.17) is 21.9 Å². The van der Waals surface area contributed by atoms with Crippen LogP contribution in [0.4, 0.5) is 4.79 Å². The molecule has 1 saturated heterocycles. The Morgan fingerprint density at radius 3 is 2.37 bits per heavy atom. The van der Waals surface area contributed by atoms with Gasteiger partial charge in [0.2, 0.25) is 0 Å². The number of amidine groups is 1. The molecule has 10 heteroatoms. The highest BCUT2D eigenvalue weighted by Gasteiger charge is 2.45. The van der Waals surface area contributed by atoms with E-state index in [1.807, 2.05) is 29.8 Å². The van der Waals surface area contributed by atoms with E-state index >= 15 is 0 Å². The summed E-state index contributed by atoms with van der Waals surface area (Å²) in [5.74, 6) is 0.364. The Labute approximate surface area is 203 Å². The number of rotatable bonds is 6. The number of hydrogen-bond acceptors (Lipinski definition) is 5. The van der Waals surface area contributed by atoms with Gasteiger partial charge in [-0.1, -0.05) is 30.3 Å². The highest BCUT2D eigenvalue weighted by molar-refractivity contribution is 5.95. The minimum Gasteiger partial charge on any atom is -0.465 e. The van der Waals surface area contributed by atoms with Gasteiger partial charge < -0.3 is 26.0 Å². The fraction of sp³-hybridized carbons (Fsp3) is 0.360. The third kappa shape index (κ3) is 4.10. The van der Waals surface area contributed by atoms with Crippen LogP contribution >= 0.6 is 0 Å². The van der Waals surface area contributed by atoms with Crippen molar-refractivity contribution in [2.24, 2.45) is 18.5 Å². The lowest BCUT2D eigenvalue weighted by Gasteiger charge is -2.38. The van der Waals surface area contributed by atoms with Crippen LogP contribution in [0.25, 0.3) is 11.0 Å². The lowest BCUT2D eigenvalue weighted by Crippen LogP contribution is -2.55. The molecule has 1 fully saturated rings. The zero-order valence-electron chi connectivity index (χ0n) is 20.2. The number of hydrogen-bond donors (Lipinski definition) is 4. The van der Waals surface area contributed by atoms with Gasteiger partial charge in [0.1, 0.15) is 17.2 Å². The molecule has 2 unspecified atom stereocenters. The van der Waals surface area contributed by atoms with Crippen LogP contribution < -0.4 is 11.5 Å². The highest BCUT2D eigenvalue weighted by Crippen LogP contribution is 2.34. The number of aryl methyl sites for hydroxylation is 1. The molecule has 10 nitrogen and oxygen atoms in total. The minimum atomic E-state index is -1.40. The molecule has 0 saturated carbocycles. The molecule has 4 rings (SSSR count). The van der Waals surface area contributed by atoms with Crippen LogP contribution in [0.15, 0.2) is 42.5 Å². The first-order valence-electron chi connectivity index (χ1n) is 11.5. The van der Waals surface area contributed by atoms with Gasteiger partial charge in [-0.15, -0.1) is 0 Å². The number of nitrogen functional groups attached to an aromatic ring is 1. The van der Waals surface area contributed by atoms with Gasteiger partial charge in [-0.05, 0) is 43.0 Å². The molecule has 6 N–H and O–H groups in total. The van der Waals surface area contributed by atoms with Gasteiger partial charge in [0, 0.05) is 32.7 Å². The van der Waals surface area contributed by atoms with Crippen molar-refractivity contribution in [1.82, 2.24) is 19.4 Å². The molecular weight excluding hydrogens is 446 g/mol. The average Bonchev–Trinajstić information content (AvgIpc) is 3.50. The molecule has 1 aromatic heterocycles. The number of nitrogens with zero attached hydrogens (tertiary/aromatic N) is 4. The first-order valence-corrected chi connectivity index (χ1v) is 11.5. The molecule has 0 aliphatic carbocycles. The zero-order valence-corrected chi connectivity index (χ0v) is 20.2. The Morgan fingerprint density at radius 2 is 1.80 bits per heavy atom. The number of fused-ring (bicyclic) bond motifs is 1. The van der Waals surface area contributed by atoms with E-state index in [2.05, 4.69) is 0 Å². The SMILES string of the molecule is CN(C(=O)O)C(C)(C(=O)N1CCCC1)c1ccc2c(c1)nc(C(N)c1ccc(C(=N)N)cc1)n2C. The van der Waals surface area contributed by atoms with E-state index in [1.165, 1.54) is 7.05 Å². The number of nitrogens with two attached hydrogens (primary N) is 2. The summed E-state index contributed by atoms with van der Waals surface area (Å²) in [6.07, 6.45) is 0.636. The van der Waals surface area contributed by atoms with E-state index in [9.17, 15) is 14.7 Å². The van der Waals surface area contributed by atoms with E-state index in [1.54, 1.807) is 36.1 Å². The number of amides is 2. The van der Waals surface area contributed by atoms with Crippen molar-refractivity contribution in [3.8, 4) is 0 Å².